The van der Waals surface area contributed by atoms with Gasteiger partial charge in [-0.2, -0.15) is 0 Å². The van der Waals surface area contributed by atoms with Crippen molar-refractivity contribution in [2.75, 3.05) is 48.9 Å². The molecule has 33 heavy (non-hydrogen) atoms. The minimum atomic E-state index is -0.178. The van der Waals surface area contributed by atoms with Gasteiger partial charge in [0.2, 0.25) is 0 Å². The van der Waals surface area contributed by atoms with Crippen LogP contribution in [0.4, 0.5) is 22.9 Å². The van der Waals surface area contributed by atoms with Crippen molar-refractivity contribution in [1.29, 1.82) is 0 Å². The van der Waals surface area contributed by atoms with Crippen molar-refractivity contribution in [2.24, 2.45) is 0 Å². The average molecular weight is 444 g/mol. The van der Waals surface area contributed by atoms with Crippen LogP contribution in [0.3, 0.4) is 0 Å². The number of nitrogens with one attached hydrogen (secondary N) is 3. The lowest BCUT2D eigenvalue weighted by atomic mass is 9.93. The van der Waals surface area contributed by atoms with Crippen LogP contribution in [-0.4, -0.2) is 54.0 Å². The van der Waals surface area contributed by atoms with E-state index in [4.69, 9.17) is 5.73 Å². The quantitative estimate of drug-likeness (QED) is 0.442. The Morgan fingerprint density at radius 3 is 2.70 bits per heavy atom. The van der Waals surface area contributed by atoms with Crippen LogP contribution in [0.5, 0.6) is 0 Å². The van der Waals surface area contributed by atoms with Crippen LogP contribution >= 0.6 is 0 Å². The number of likely N-dealkylation sites (N-methyl/N-ethyl adjacent to an activating group) is 1. The highest BCUT2D eigenvalue weighted by Gasteiger charge is 2.22. The zero-order valence-electron chi connectivity index (χ0n) is 19.1. The minimum absolute atomic E-state index is 0.0273. The molecule has 1 amide bonds. The molecule has 170 valence electrons. The van der Waals surface area contributed by atoms with Gasteiger partial charge in [0.05, 0.1) is 17.6 Å². The van der Waals surface area contributed by atoms with Gasteiger partial charge in [-0.15, -0.1) is 0 Å². The predicted octanol–water partition coefficient (Wildman–Crippen LogP) is 3.54. The van der Waals surface area contributed by atoms with E-state index in [1.807, 2.05) is 63.5 Å². The summed E-state index contributed by atoms with van der Waals surface area (Å²) in [6.07, 6.45) is 6.97. The Morgan fingerprint density at radius 1 is 1.12 bits per heavy atom. The van der Waals surface area contributed by atoms with Crippen LogP contribution in [0, 0.1) is 0 Å². The molecule has 1 atom stereocenters. The van der Waals surface area contributed by atoms with Gasteiger partial charge in [0.15, 0.2) is 0 Å². The van der Waals surface area contributed by atoms with Crippen LogP contribution in [0.25, 0.3) is 16.7 Å². The summed E-state index contributed by atoms with van der Waals surface area (Å²) in [5.74, 6) is 0.595. The molecule has 0 saturated carbocycles. The van der Waals surface area contributed by atoms with Crippen molar-refractivity contribution in [1.82, 2.24) is 14.9 Å². The van der Waals surface area contributed by atoms with E-state index in [-0.39, 0.29) is 11.9 Å². The van der Waals surface area contributed by atoms with E-state index in [0.717, 1.165) is 41.3 Å². The van der Waals surface area contributed by atoms with Crippen LogP contribution in [0.15, 0.2) is 61.1 Å². The number of aromatic nitrogens is 2. The summed E-state index contributed by atoms with van der Waals surface area (Å²) >= 11 is 0. The van der Waals surface area contributed by atoms with Gasteiger partial charge in [0.1, 0.15) is 5.82 Å². The first-order chi connectivity index (χ1) is 15.9. The SMILES string of the molecule is CC1C=C(C(=O)Nc2ccc(NCCN(C)C)nc2)c2cc(-c3cncc(N)c3)ccc2N1. The molecule has 4 rings (SSSR count). The second-order valence-corrected chi connectivity index (χ2v) is 8.40. The number of amides is 1. The monoisotopic (exact) mass is 443 g/mol. The molecule has 1 aliphatic heterocycles. The van der Waals surface area contributed by atoms with Gasteiger partial charge in [0.25, 0.3) is 5.91 Å². The van der Waals surface area contributed by atoms with E-state index in [1.165, 1.54) is 0 Å². The van der Waals surface area contributed by atoms with Crippen molar-refractivity contribution in [2.45, 2.75) is 13.0 Å². The number of carbonyl (C=O) groups is 1. The molecule has 1 aromatic carbocycles. The lowest BCUT2D eigenvalue weighted by molar-refractivity contribution is -0.111. The van der Waals surface area contributed by atoms with Crippen LogP contribution in [0.2, 0.25) is 0 Å². The van der Waals surface area contributed by atoms with Gasteiger partial charge in [-0.1, -0.05) is 6.07 Å². The topological polar surface area (TPSA) is 108 Å². The number of anilines is 4. The molecule has 0 bridgehead atoms. The summed E-state index contributed by atoms with van der Waals surface area (Å²) in [7, 11) is 4.05. The number of pyridine rings is 2. The highest BCUT2D eigenvalue weighted by Crippen LogP contribution is 2.34. The maximum Gasteiger partial charge on any atom is 0.256 e. The van der Waals surface area contributed by atoms with Crippen molar-refractivity contribution in [3.05, 3.63) is 66.6 Å². The molecule has 3 aromatic rings. The van der Waals surface area contributed by atoms with Crippen molar-refractivity contribution >= 4 is 34.4 Å². The fourth-order valence-corrected chi connectivity index (χ4v) is 3.69. The molecular weight excluding hydrogens is 414 g/mol. The van der Waals surface area contributed by atoms with Crippen molar-refractivity contribution < 1.29 is 4.79 Å². The number of fused-ring (bicyclic) bond motifs is 1. The maximum atomic E-state index is 13.2. The molecule has 0 fully saturated rings. The van der Waals surface area contributed by atoms with E-state index in [2.05, 4.69) is 30.8 Å². The van der Waals surface area contributed by atoms with E-state index in [9.17, 15) is 4.79 Å². The molecule has 8 heteroatoms. The molecule has 5 N–H and O–H groups in total. The Labute approximate surface area is 193 Å². The third-order valence-electron chi connectivity index (χ3n) is 5.33. The van der Waals surface area contributed by atoms with Gasteiger partial charge in [-0.25, -0.2) is 4.98 Å². The molecular formula is C25H29N7O. The molecule has 1 aliphatic rings. The summed E-state index contributed by atoms with van der Waals surface area (Å²) in [4.78, 5) is 23.9. The normalized spacial score (nSPS) is 14.8. The number of nitrogens with zero attached hydrogens (tertiary/aromatic N) is 3. The molecule has 0 radical (unpaired) electrons. The van der Waals surface area contributed by atoms with Crippen LogP contribution < -0.4 is 21.7 Å². The van der Waals surface area contributed by atoms with Gasteiger partial charge in [0, 0.05) is 53.9 Å². The van der Waals surface area contributed by atoms with Crippen LogP contribution in [0.1, 0.15) is 12.5 Å². The van der Waals surface area contributed by atoms with Crippen molar-refractivity contribution in [3.63, 3.8) is 0 Å². The Bertz CT molecular complexity index is 1170. The zero-order chi connectivity index (χ0) is 23.4. The number of carbonyl (C=O) groups excluding carboxylic acids is 1. The highest BCUT2D eigenvalue weighted by molar-refractivity contribution is 6.27. The lowest BCUT2D eigenvalue weighted by Gasteiger charge is -2.24. The highest BCUT2D eigenvalue weighted by atomic mass is 16.1. The number of benzene rings is 1. The molecule has 3 heterocycles. The molecule has 0 saturated heterocycles. The van der Waals surface area contributed by atoms with Crippen molar-refractivity contribution in [3.8, 4) is 11.1 Å². The second-order valence-electron chi connectivity index (χ2n) is 8.40. The third kappa shape index (κ3) is 5.48. The van der Waals surface area contributed by atoms with E-state index < -0.39 is 0 Å². The maximum absolute atomic E-state index is 13.2. The fourth-order valence-electron chi connectivity index (χ4n) is 3.69. The summed E-state index contributed by atoms with van der Waals surface area (Å²) in [5, 5.41) is 9.66. The summed E-state index contributed by atoms with van der Waals surface area (Å²) in [6, 6.07) is 11.6. The van der Waals surface area contributed by atoms with E-state index in [1.54, 1.807) is 18.6 Å². The number of nitrogen functional groups attached to an aromatic ring is 1. The largest absolute Gasteiger partial charge is 0.397 e. The number of rotatable bonds is 7. The Kier molecular flexibility index (Phi) is 6.55. The van der Waals surface area contributed by atoms with Gasteiger partial charge < -0.3 is 26.6 Å². The standard InChI is InChI=1S/C25H29N7O/c1-16-10-22(25(33)31-20-5-7-24(29-15-20)28-8-9-32(2)3)21-12-17(4-6-23(21)30-16)18-11-19(26)14-27-13-18/h4-7,10-16,30H,8-9,26H2,1-3H3,(H,28,29)(H,31,33). The first-order valence-electron chi connectivity index (χ1n) is 10.9. The molecule has 1 unspecified atom stereocenters. The third-order valence-corrected chi connectivity index (χ3v) is 5.33. The Hall–Kier alpha value is -3.91. The first kappa shape index (κ1) is 22.3. The minimum Gasteiger partial charge on any atom is -0.397 e. The van der Waals surface area contributed by atoms with Crippen LogP contribution in [-0.2, 0) is 4.79 Å². The Balaban J connectivity index is 1.53. The lowest BCUT2D eigenvalue weighted by Crippen LogP contribution is -2.24. The van der Waals surface area contributed by atoms with Gasteiger partial charge in [-0.3, -0.25) is 9.78 Å². The smallest absolute Gasteiger partial charge is 0.256 e. The first-order valence-corrected chi connectivity index (χ1v) is 10.9. The number of nitrogens with two attached hydrogens (primary N) is 1. The Morgan fingerprint density at radius 2 is 1.97 bits per heavy atom. The average Bonchev–Trinajstić information content (AvgIpc) is 2.79. The predicted molar refractivity (Wildman–Crippen MR) is 135 cm³/mol. The number of hydrogen-bond donors (Lipinski definition) is 4. The van der Waals surface area contributed by atoms with E-state index in [0.29, 0.717) is 16.9 Å². The summed E-state index contributed by atoms with van der Waals surface area (Å²) in [6.45, 7) is 3.72. The zero-order valence-corrected chi connectivity index (χ0v) is 19.1. The molecule has 8 nitrogen and oxygen atoms in total. The van der Waals surface area contributed by atoms with Gasteiger partial charge in [-0.05, 0) is 63.0 Å². The summed E-state index contributed by atoms with van der Waals surface area (Å²) in [5.41, 5.74) is 11.3. The second kappa shape index (κ2) is 9.70. The number of hydrogen-bond acceptors (Lipinski definition) is 7. The molecule has 0 aliphatic carbocycles. The van der Waals surface area contributed by atoms with E-state index >= 15 is 0 Å². The fraction of sp³-hybridized carbons (Fsp3) is 0.240. The van der Waals surface area contributed by atoms with Gasteiger partial charge >= 0.3 is 0 Å². The summed E-state index contributed by atoms with van der Waals surface area (Å²) < 4.78 is 0. The molecule has 0 spiro atoms. The molecule has 2 aromatic heterocycles.